The van der Waals surface area contributed by atoms with E-state index >= 15 is 0 Å². The van der Waals surface area contributed by atoms with Crippen LogP contribution in [-0.2, 0) is 9.53 Å². The molecular weight excluding hydrogens is 447 g/mol. The third kappa shape index (κ3) is 4.39. The maximum Gasteiger partial charge on any atom is 0.343 e. The predicted molar refractivity (Wildman–Crippen MR) is 114 cm³/mol. The number of fused-ring (bicyclic) bond motifs is 1. The molecule has 0 aliphatic carbocycles. The van der Waals surface area contributed by atoms with Gasteiger partial charge in [-0.05, 0) is 36.4 Å². The molecule has 0 N–H and O–H groups in total. The number of carbonyl (C=O) groups is 1. The van der Waals surface area contributed by atoms with Crippen molar-refractivity contribution < 1.29 is 27.3 Å². The first kappa shape index (κ1) is 20.9. The Balaban J connectivity index is 1.55. The van der Waals surface area contributed by atoms with Crippen LogP contribution in [0.3, 0.4) is 0 Å². The Labute approximate surface area is 184 Å². The zero-order chi connectivity index (χ0) is 21.8. The number of rotatable bonds is 8. The summed E-state index contributed by atoms with van der Waals surface area (Å²) >= 11 is 1.17. The molecule has 160 valence electrons. The van der Waals surface area contributed by atoms with Gasteiger partial charge in [0.1, 0.15) is 17.0 Å². The van der Waals surface area contributed by atoms with Crippen LogP contribution >= 0.6 is 23.7 Å². The van der Waals surface area contributed by atoms with E-state index in [0.29, 0.717) is 27.7 Å². The van der Waals surface area contributed by atoms with Gasteiger partial charge < -0.3 is 18.6 Å². The molecule has 0 spiro atoms. The summed E-state index contributed by atoms with van der Waals surface area (Å²) in [7, 11) is 2.83. The molecule has 4 aromatic rings. The van der Waals surface area contributed by atoms with Gasteiger partial charge in [0.15, 0.2) is 18.9 Å². The van der Waals surface area contributed by atoms with Gasteiger partial charge in [0.05, 0.1) is 18.9 Å². The van der Waals surface area contributed by atoms with E-state index in [2.05, 4.69) is 19.9 Å². The van der Waals surface area contributed by atoms with Crippen molar-refractivity contribution in [1.29, 1.82) is 0 Å². The molecule has 0 atom stereocenters. The number of para-hydroxylation sites is 1. The second-order valence-electron chi connectivity index (χ2n) is 5.95. The lowest BCUT2D eigenvalue weighted by Crippen LogP contribution is -2.12. The van der Waals surface area contributed by atoms with Gasteiger partial charge in [0.2, 0.25) is 11.0 Å². The third-order valence-corrected chi connectivity index (χ3v) is 5.70. The highest BCUT2D eigenvalue weighted by Crippen LogP contribution is 2.40. The van der Waals surface area contributed by atoms with E-state index in [1.807, 2.05) is 12.1 Å². The smallest absolute Gasteiger partial charge is 0.343 e. The molecule has 0 fully saturated rings. The summed E-state index contributed by atoms with van der Waals surface area (Å²) in [5.74, 6) is 0.761. The Morgan fingerprint density at radius 2 is 2.00 bits per heavy atom. The molecule has 0 bridgehead atoms. The van der Waals surface area contributed by atoms with Crippen LogP contribution in [0.15, 0.2) is 46.9 Å². The number of esters is 1. The van der Waals surface area contributed by atoms with Crippen LogP contribution in [0.5, 0.6) is 11.5 Å². The molecule has 2 heterocycles. The molecule has 31 heavy (non-hydrogen) atoms. The Bertz CT molecular complexity index is 1200. The van der Waals surface area contributed by atoms with Crippen molar-refractivity contribution in [3.8, 4) is 23.0 Å². The molecule has 4 rings (SSSR count). The molecule has 0 saturated carbocycles. The lowest BCUT2D eigenvalue weighted by molar-refractivity contribution is -0.142. The molecule has 0 amide bonds. The van der Waals surface area contributed by atoms with Crippen molar-refractivity contribution in [3.63, 3.8) is 0 Å². The highest BCUT2D eigenvalue weighted by Gasteiger charge is 2.23. The highest BCUT2D eigenvalue weighted by atomic mass is 32.2. The number of halogens is 1. The van der Waals surface area contributed by atoms with Crippen LogP contribution in [0.1, 0.15) is 0 Å². The second-order valence-corrected chi connectivity index (χ2v) is 7.46. The molecular formula is C19H15FN4O5S2. The minimum atomic E-state index is -0.484. The average molecular weight is 462 g/mol. The van der Waals surface area contributed by atoms with Crippen molar-refractivity contribution in [2.45, 2.75) is 0 Å². The number of methoxy groups -OCH3 is 2. The number of ether oxygens (including phenoxy) is 3. The number of carbonyl (C=O) groups excluding carboxylic acids is 1. The Morgan fingerprint density at radius 1 is 1.19 bits per heavy atom. The maximum atomic E-state index is 13.8. The normalized spacial score (nSPS) is 10.8. The fourth-order valence-corrected chi connectivity index (χ4v) is 3.93. The maximum absolute atomic E-state index is 13.8. The van der Waals surface area contributed by atoms with E-state index in [0.717, 1.165) is 9.01 Å². The number of anilines is 2. The molecule has 0 aliphatic heterocycles. The van der Waals surface area contributed by atoms with Crippen molar-refractivity contribution in [2.75, 3.05) is 25.1 Å². The molecule has 0 saturated heterocycles. The molecule has 0 radical (unpaired) electrons. The standard InChI is InChI=1S/C19H15FN4O5S2/c1-26-13-4-3-5-14-16(13)21-19(30-14)24(31-20)18-23-22-17(29-18)11-6-8-12(9-7-11)28-10-15(25)27-2/h3-9H,10H2,1-2H3. The number of thiazole rings is 1. The molecule has 2 aromatic carbocycles. The predicted octanol–water partition coefficient (Wildman–Crippen LogP) is 4.58. The van der Waals surface area contributed by atoms with Crippen LogP contribution < -0.4 is 13.8 Å². The first-order chi connectivity index (χ1) is 15.1. The van der Waals surface area contributed by atoms with Crippen LogP contribution in [0.2, 0.25) is 0 Å². The van der Waals surface area contributed by atoms with Gasteiger partial charge in [-0.25, -0.2) is 9.78 Å². The Kier molecular flexibility index (Phi) is 6.18. The Hall–Kier alpha value is -3.38. The minimum Gasteiger partial charge on any atom is -0.494 e. The van der Waals surface area contributed by atoms with Gasteiger partial charge in [0.25, 0.3) is 0 Å². The topological polar surface area (TPSA) is 99.8 Å². The van der Waals surface area contributed by atoms with Gasteiger partial charge in [-0.3, -0.25) is 0 Å². The summed E-state index contributed by atoms with van der Waals surface area (Å²) in [6.07, 6.45) is 0. The average Bonchev–Trinajstić information content (AvgIpc) is 3.46. The van der Waals surface area contributed by atoms with Crippen LogP contribution in [-0.4, -0.2) is 42.0 Å². The fraction of sp³-hybridized carbons (Fsp3) is 0.158. The summed E-state index contributed by atoms with van der Waals surface area (Å²) in [4.78, 5) is 15.6. The zero-order valence-electron chi connectivity index (χ0n) is 16.3. The summed E-state index contributed by atoms with van der Waals surface area (Å²) in [5.41, 5.74) is 1.21. The molecule has 9 nitrogen and oxygen atoms in total. The molecule has 0 unspecified atom stereocenters. The minimum absolute atomic E-state index is 0.0634. The largest absolute Gasteiger partial charge is 0.494 e. The first-order valence-corrected chi connectivity index (χ1v) is 10.3. The van der Waals surface area contributed by atoms with Gasteiger partial charge in [-0.15, -0.1) is 8.98 Å². The lowest BCUT2D eigenvalue weighted by atomic mass is 10.2. The van der Waals surface area contributed by atoms with Crippen molar-refractivity contribution in [2.24, 2.45) is 0 Å². The summed E-state index contributed by atoms with van der Waals surface area (Å²) in [5, 5.41) is 8.25. The van der Waals surface area contributed by atoms with Crippen LogP contribution in [0, 0.1) is 0 Å². The number of hydrogen-bond acceptors (Lipinski definition) is 11. The quantitative estimate of drug-likeness (QED) is 0.273. The third-order valence-electron chi connectivity index (χ3n) is 4.11. The zero-order valence-corrected chi connectivity index (χ0v) is 17.9. The second kappa shape index (κ2) is 9.18. The number of hydrogen-bond donors (Lipinski definition) is 0. The van der Waals surface area contributed by atoms with E-state index in [1.54, 1.807) is 37.4 Å². The number of aromatic nitrogens is 3. The van der Waals surface area contributed by atoms with Crippen molar-refractivity contribution in [1.82, 2.24) is 15.2 Å². The van der Waals surface area contributed by atoms with E-state index in [4.69, 9.17) is 13.9 Å². The monoisotopic (exact) mass is 462 g/mol. The van der Waals surface area contributed by atoms with Gasteiger partial charge >= 0.3 is 12.0 Å². The molecule has 12 heteroatoms. The van der Waals surface area contributed by atoms with Crippen LogP contribution in [0.25, 0.3) is 21.7 Å². The SMILES string of the molecule is COC(=O)COc1ccc(-c2nnc(N(SF)c3nc4c(OC)cccc4s3)o2)cc1. The van der Waals surface area contributed by atoms with Gasteiger partial charge in [-0.2, -0.15) is 4.31 Å². The Morgan fingerprint density at radius 3 is 2.71 bits per heavy atom. The van der Waals surface area contributed by atoms with E-state index < -0.39 is 5.97 Å². The molecule has 2 aromatic heterocycles. The number of benzene rings is 2. The summed E-state index contributed by atoms with van der Waals surface area (Å²) < 4.78 is 36.5. The lowest BCUT2D eigenvalue weighted by Gasteiger charge is -2.08. The fourth-order valence-electron chi connectivity index (χ4n) is 2.61. The van der Waals surface area contributed by atoms with Crippen LogP contribution in [0.4, 0.5) is 15.0 Å². The van der Waals surface area contributed by atoms with E-state index in [1.165, 1.54) is 18.4 Å². The van der Waals surface area contributed by atoms with E-state index in [-0.39, 0.29) is 30.8 Å². The van der Waals surface area contributed by atoms with Gasteiger partial charge in [0, 0.05) is 5.56 Å². The molecule has 0 aliphatic rings. The van der Waals surface area contributed by atoms with E-state index in [9.17, 15) is 8.68 Å². The summed E-state index contributed by atoms with van der Waals surface area (Å²) in [6.45, 7) is -0.198. The number of nitrogens with zero attached hydrogens (tertiary/aromatic N) is 4. The van der Waals surface area contributed by atoms with Crippen molar-refractivity contribution >= 4 is 51.0 Å². The summed E-state index contributed by atoms with van der Waals surface area (Å²) in [6, 6.07) is 12.1. The van der Waals surface area contributed by atoms with Crippen molar-refractivity contribution in [3.05, 3.63) is 42.5 Å². The van der Waals surface area contributed by atoms with Gasteiger partial charge in [-0.1, -0.05) is 22.5 Å². The highest BCUT2D eigenvalue weighted by molar-refractivity contribution is 7.96. The first-order valence-electron chi connectivity index (χ1n) is 8.79.